The van der Waals surface area contributed by atoms with E-state index in [0.29, 0.717) is 34.3 Å². The number of methoxy groups -OCH3 is 1. The third kappa shape index (κ3) is 4.49. The Morgan fingerprint density at radius 1 is 1.22 bits per heavy atom. The SMILES string of the molecule is COc1ccc(C)cc1NC(=O)CCc1nc(-c2ccc(C)c(F)c2)no1. The molecule has 1 aromatic heterocycles. The summed E-state index contributed by atoms with van der Waals surface area (Å²) >= 11 is 0. The summed E-state index contributed by atoms with van der Waals surface area (Å²) < 4.78 is 24.1. The fourth-order valence-corrected chi connectivity index (χ4v) is 2.56. The van der Waals surface area contributed by atoms with Crippen LogP contribution in [0.3, 0.4) is 0 Å². The number of anilines is 1. The van der Waals surface area contributed by atoms with E-state index in [1.165, 1.54) is 6.07 Å². The number of benzene rings is 2. The molecule has 0 atom stereocenters. The maximum Gasteiger partial charge on any atom is 0.227 e. The highest BCUT2D eigenvalue weighted by Gasteiger charge is 2.13. The van der Waals surface area contributed by atoms with Crippen LogP contribution in [0.5, 0.6) is 5.75 Å². The summed E-state index contributed by atoms with van der Waals surface area (Å²) in [7, 11) is 1.55. The topological polar surface area (TPSA) is 77.2 Å². The van der Waals surface area contributed by atoms with Crippen LogP contribution in [0.25, 0.3) is 11.4 Å². The van der Waals surface area contributed by atoms with Gasteiger partial charge in [0, 0.05) is 18.4 Å². The largest absolute Gasteiger partial charge is 0.495 e. The van der Waals surface area contributed by atoms with Crippen molar-refractivity contribution in [3.05, 3.63) is 59.2 Å². The van der Waals surface area contributed by atoms with Gasteiger partial charge < -0.3 is 14.6 Å². The van der Waals surface area contributed by atoms with Crippen molar-refractivity contribution < 1.29 is 18.4 Å². The fourth-order valence-electron chi connectivity index (χ4n) is 2.56. The van der Waals surface area contributed by atoms with Crippen molar-refractivity contribution in [3.8, 4) is 17.1 Å². The van der Waals surface area contributed by atoms with Gasteiger partial charge in [-0.3, -0.25) is 4.79 Å². The van der Waals surface area contributed by atoms with Crippen molar-refractivity contribution in [2.24, 2.45) is 0 Å². The minimum atomic E-state index is -0.328. The number of rotatable bonds is 6. The number of halogens is 1. The Morgan fingerprint density at radius 2 is 2.04 bits per heavy atom. The summed E-state index contributed by atoms with van der Waals surface area (Å²) in [5.74, 6) is 0.683. The number of carbonyl (C=O) groups excluding carboxylic acids is 1. The Kier molecular flexibility index (Phi) is 5.49. The average molecular weight is 369 g/mol. The molecule has 0 radical (unpaired) electrons. The van der Waals surface area contributed by atoms with E-state index in [9.17, 15) is 9.18 Å². The number of aromatic nitrogens is 2. The Labute approximate surface area is 156 Å². The first-order valence-electron chi connectivity index (χ1n) is 8.50. The number of nitrogens with one attached hydrogen (secondary N) is 1. The highest BCUT2D eigenvalue weighted by molar-refractivity contribution is 5.92. The molecule has 0 aliphatic heterocycles. The second-order valence-corrected chi connectivity index (χ2v) is 6.23. The third-order valence-corrected chi connectivity index (χ3v) is 4.09. The van der Waals surface area contributed by atoms with Crippen LogP contribution in [0.1, 0.15) is 23.4 Å². The number of hydrogen-bond acceptors (Lipinski definition) is 5. The summed E-state index contributed by atoms with van der Waals surface area (Å²) in [5.41, 5.74) is 2.70. The first-order valence-corrected chi connectivity index (χ1v) is 8.50. The molecule has 6 nitrogen and oxygen atoms in total. The Morgan fingerprint density at radius 3 is 2.78 bits per heavy atom. The van der Waals surface area contributed by atoms with Crippen LogP contribution in [-0.2, 0) is 11.2 Å². The van der Waals surface area contributed by atoms with Gasteiger partial charge in [0.15, 0.2) is 0 Å². The number of hydrogen-bond donors (Lipinski definition) is 1. The molecule has 1 heterocycles. The molecule has 3 rings (SSSR count). The van der Waals surface area contributed by atoms with Gasteiger partial charge in [0.25, 0.3) is 0 Å². The predicted molar refractivity (Wildman–Crippen MR) is 99.1 cm³/mol. The molecule has 0 spiro atoms. The first-order chi connectivity index (χ1) is 13.0. The lowest BCUT2D eigenvalue weighted by molar-refractivity contribution is -0.116. The van der Waals surface area contributed by atoms with E-state index in [1.807, 2.05) is 19.1 Å². The molecule has 0 aliphatic carbocycles. The van der Waals surface area contributed by atoms with E-state index >= 15 is 0 Å². The predicted octanol–water partition coefficient (Wildman–Crippen LogP) is 4.07. The van der Waals surface area contributed by atoms with Gasteiger partial charge >= 0.3 is 0 Å². The number of aryl methyl sites for hydroxylation is 3. The number of amides is 1. The summed E-state index contributed by atoms with van der Waals surface area (Å²) in [4.78, 5) is 16.4. The fraction of sp³-hybridized carbons (Fsp3) is 0.250. The first kappa shape index (κ1) is 18.6. The average Bonchev–Trinajstić information content (AvgIpc) is 3.11. The van der Waals surface area contributed by atoms with Gasteiger partial charge in [0.05, 0.1) is 12.8 Å². The van der Waals surface area contributed by atoms with Crippen molar-refractivity contribution >= 4 is 11.6 Å². The van der Waals surface area contributed by atoms with E-state index in [-0.39, 0.29) is 24.6 Å². The lowest BCUT2D eigenvalue weighted by Crippen LogP contribution is -2.13. The van der Waals surface area contributed by atoms with Gasteiger partial charge in [-0.25, -0.2) is 4.39 Å². The van der Waals surface area contributed by atoms with Crippen LogP contribution in [-0.4, -0.2) is 23.2 Å². The Balaban J connectivity index is 1.62. The second-order valence-electron chi connectivity index (χ2n) is 6.23. The zero-order valence-electron chi connectivity index (χ0n) is 15.4. The zero-order chi connectivity index (χ0) is 19.4. The maximum absolute atomic E-state index is 13.7. The zero-order valence-corrected chi connectivity index (χ0v) is 15.4. The molecule has 0 saturated heterocycles. The smallest absolute Gasteiger partial charge is 0.227 e. The van der Waals surface area contributed by atoms with Crippen LogP contribution in [0.15, 0.2) is 40.9 Å². The van der Waals surface area contributed by atoms with Gasteiger partial charge in [0.1, 0.15) is 11.6 Å². The molecule has 0 fully saturated rings. The molecule has 0 bridgehead atoms. The lowest BCUT2D eigenvalue weighted by atomic mass is 10.1. The van der Waals surface area contributed by atoms with Crippen molar-refractivity contribution in [3.63, 3.8) is 0 Å². The van der Waals surface area contributed by atoms with Crippen molar-refractivity contribution in [2.75, 3.05) is 12.4 Å². The number of nitrogens with zero attached hydrogens (tertiary/aromatic N) is 2. The van der Waals surface area contributed by atoms with Crippen LogP contribution in [0.2, 0.25) is 0 Å². The Hall–Kier alpha value is -3.22. The van der Waals surface area contributed by atoms with Gasteiger partial charge in [-0.05, 0) is 43.2 Å². The van der Waals surface area contributed by atoms with E-state index in [1.54, 1.807) is 32.2 Å². The molecule has 0 aliphatic rings. The minimum Gasteiger partial charge on any atom is -0.495 e. The summed E-state index contributed by atoms with van der Waals surface area (Å²) in [6.07, 6.45) is 0.447. The van der Waals surface area contributed by atoms with E-state index in [4.69, 9.17) is 9.26 Å². The van der Waals surface area contributed by atoms with E-state index in [2.05, 4.69) is 15.5 Å². The monoisotopic (exact) mass is 369 g/mol. The van der Waals surface area contributed by atoms with E-state index < -0.39 is 0 Å². The molecule has 2 aromatic carbocycles. The third-order valence-electron chi connectivity index (χ3n) is 4.09. The number of ether oxygens (including phenoxy) is 1. The second kappa shape index (κ2) is 7.99. The lowest BCUT2D eigenvalue weighted by Gasteiger charge is -2.10. The molecule has 1 amide bonds. The van der Waals surface area contributed by atoms with E-state index in [0.717, 1.165) is 5.56 Å². The summed E-state index contributed by atoms with van der Waals surface area (Å²) in [6.45, 7) is 3.62. The van der Waals surface area contributed by atoms with Gasteiger partial charge in [-0.15, -0.1) is 0 Å². The molecule has 27 heavy (non-hydrogen) atoms. The molecule has 140 valence electrons. The van der Waals surface area contributed by atoms with Crippen molar-refractivity contribution in [1.82, 2.24) is 10.1 Å². The van der Waals surface area contributed by atoms with Gasteiger partial charge in [0.2, 0.25) is 17.6 Å². The van der Waals surface area contributed by atoms with Gasteiger partial charge in [-0.1, -0.05) is 23.4 Å². The normalized spacial score (nSPS) is 10.7. The highest BCUT2D eigenvalue weighted by Crippen LogP contribution is 2.25. The van der Waals surface area contributed by atoms with Crippen LogP contribution in [0, 0.1) is 19.7 Å². The molecular weight excluding hydrogens is 349 g/mol. The van der Waals surface area contributed by atoms with Crippen LogP contribution >= 0.6 is 0 Å². The molecule has 1 N–H and O–H groups in total. The summed E-state index contributed by atoms with van der Waals surface area (Å²) in [5, 5.41) is 6.67. The number of carbonyl (C=O) groups is 1. The molecule has 7 heteroatoms. The van der Waals surface area contributed by atoms with Crippen LogP contribution in [0.4, 0.5) is 10.1 Å². The molecule has 0 unspecified atom stereocenters. The molecular formula is C20H20FN3O3. The molecule has 0 saturated carbocycles. The maximum atomic E-state index is 13.7. The standard InChI is InChI=1S/C20H20FN3O3/c1-12-4-7-17(26-3)16(10-12)22-18(25)8-9-19-23-20(24-27-19)14-6-5-13(2)15(21)11-14/h4-7,10-11H,8-9H2,1-3H3,(H,22,25). The minimum absolute atomic E-state index is 0.168. The van der Waals surface area contributed by atoms with Crippen molar-refractivity contribution in [2.45, 2.75) is 26.7 Å². The van der Waals surface area contributed by atoms with Crippen LogP contribution < -0.4 is 10.1 Å². The molecule has 3 aromatic rings. The van der Waals surface area contributed by atoms with Gasteiger partial charge in [-0.2, -0.15) is 4.98 Å². The van der Waals surface area contributed by atoms with Crippen molar-refractivity contribution in [1.29, 1.82) is 0 Å². The Bertz CT molecular complexity index is 969. The quantitative estimate of drug-likeness (QED) is 0.709. The summed E-state index contributed by atoms with van der Waals surface area (Å²) in [6, 6.07) is 10.3. The highest BCUT2D eigenvalue weighted by atomic mass is 19.1.